The van der Waals surface area contributed by atoms with Gasteiger partial charge in [-0.1, -0.05) is 12.1 Å². The van der Waals surface area contributed by atoms with Gasteiger partial charge in [-0.2, -0.15) is 0 Å². The van der Waals surface area contributed by atoms with Crippen LogP contribution in [0.3, 0.4) is 0 Å². The number of nitrogens with one attached hydrogen (secondary N) is 1. The zero-order chi connectivity index (χ0) is 16.6. The van der Waals surface area contributed by atoms with E-state index in [1.807, 2.05) is 0 Å². The number of H-pyrrole nitrogens is 1. The normalized spacial score (nSPS) is 10.7. The molecule has 0 amide bonds. The molecule has 0 fully saturated rings. The molecule has 0 saturated carbocycles. The van der Waals surface area contributed by atoms with Crippen LogP contribution in [0, 0.1) is 6.92 Å². The fourth-order valence-corrected chi connectivity index (χ4v) is 2.31. The average Bonchev–Trinajstić information content (AvgIpc) is 2.93. The molecular weight excluding hydrogens is 298 g/mol. The second kappa shape index (κ2) is 5.53. The van der Waals surface area contributed by atoms with E-state index < -0.39 is 11.9 Å². The van der Waals surface area contributed by atoms with E-state index in [2.05, 4.69) is 19.7 Å². The number of nitrogens with zero attached hydrogens (tertiary/aromatic N) is 2. The number of carboxylic acids is 1. The molecule has 0 atom stereocenters. The summed E-state index contributed by atoms with van der Waals surface area (Å²) in [6.07, 6.45) is 0. The smallest absolute Gasteiger partial charge is 0.338 e. The van der Waals surface area contributed by atoms with E-state index in [1.165, 1.54) is 13.2 Å². The highest BCUT2D eigenvalue weighted by atomic mass is 16.5. The molecular formula is C16H13N3O4. The summed E-state index contributed by atoms with van der Waals surface area (Å²) in [6, 6.07) is 8.05. The number of methoxy groups -OCH3 is 1. The van der Waals surface area contributed by atoms with Crippen LogP contribution in [0.5, 0.6) is 0 Å². The highest BCUT2D eigenvalue weighted by molar-refractivity contribution is 6.01. The van der Waals surface area contributed by atoms with E-state index in [4.69, 9.17) is 0 Å². The van der Waals surface area contributed by atoms with E-state index in [0.717, 1.165) is 0 Å². The number of rotatable bonds is 3. The third-order valence-corrected chi connectivity index (χ3v) is 3.41. The summed E-state index contributed by atoms with van der Waals surface area (Å²) in [5.41, 5.74) is 2.40. The minimum absolute atomic E-state index is 0.0997. The summed E-state index contributed by atoms with van der Waals surface area (Å²) < 4.78 is 4.65. The third-order valence-electron chi connectivity index (χ3n) is 3.41. The van der Waals surface area contributed by atoms with E-state index >= 15 is 0 Å². The van der Waals surface area contributed by atoms with Crippen LogP contribution >= 0.6 is 0 Å². The van der Waals surface area contributed by atoms with Crippen molar-refractivity contribution < 1.29 is 19.4 Å². The van der Waals surface area contributed by atoms with Crippen LogP contribution in [0.2, 0.25) is 0 Å². The Bertz CT molecular complexity index is 913. The number of carbonyl (C=O) groups is 2. The molecule has 2 heterocycles. The molecule has 0 bridgehead atoms. The predicted molar refractivity (Wildman–Crippen MR) is 82.4 cm³/mol. The number of fused-ring (bicyclic) bond motifs is 1. The monoisotopic (exact) mass is 311 g/mol. The maximum atomic E-state index is 11.5. The van der Waals surface area contributed by atoms with Crippen LogP contribution in [0.25, 0.3) is 22.4 Å². The Morgan fingerprint density at radius 2 is 1.87 bits per heavy atom. The molecule has 0 saturated heterocycles. The SMILES string of the molecule is COC(=O)c1ccc(-c2cc(C(=O)O)c3[nH]c(C)nc3n2)cc1. The minimum Gasteiger partial charge on any atom is -0.478 e. The van der Waals surface area contributed by atoms with Crippen molar-refractivity contribution in [1.82, 2.24) is 15.0 Å². The Kier molecular flexibility index (Phi) is 3.53. The number of hydrogen-bond donors (Lipinski definition) is 2. The second-order valence-electron chi connectivity index (χ2n) is 4.95. The van der Waals surface area contributed by atoms with Gasteiger partial charge in [-0.05, 0) is 25.1 Å². The summed E-state index contributed by atoms with van der Waals surface area (Å²) in [7, 11) is 1.31. The summed E-state index contributed by atoms with van der Waals surface area (Å²) in [6.45, 7) is 1.73. The largest absolute Gasteiger partial charge is 0.478 e. The highest BCUT2D eigenvalue weighted by Crippen LogP contribution is 2.24. The number of ether oxygens (including phenoxy) is 1. The zero-order valence-electron chi connectivity index (χ0n) is 12.5. The first-order valence-corrected chi connectivity index (χ1v) is 6.79. The maximum Gasteiger partial charge on any atom is 0.338 e. The molecule has 7 heteroatoms. The van der Waals surface area contributed by atoms with Crippen molar-refractivity contribution in [3.8, 4) is 11.3 Å². The molecule has 3 aromatic rings. The number of aromatic amines is 1. The summed E-state index contributed by atoms with van der Waals surface area (Å²) >= 11 is 0. The van der Waals surface area contributed by atoms with E-state index in [1.54, 1.807) is 31.2 Å². The molecule has 0 aliphatic rings. The Morgan fingerprint density at radius 1 is 1.17 bits per heavy atom. The maximum absolute atomic E-state index is 11.5. The Labute approximate surface area is 131 Å². The van der Waals surface area contributed by atoms with Crippen molar-refractivity contribution >= 4 is 23.1 Å². The quantitative estimate of drug-likeness (QED) is 0.720. The highest BCUT2D eigenvalue weighted by Gasteiger charge is 2.16. The summed E-state index contributed by atoms with van der Waals surface area (Å²) in [4.78, 5) is 34.4. The molecule has 116 valence electrons. The van der Waals surface area contributed by atoms with Crippen molar-refractivity contribution in [3.05, 3.63) is 47.3 Å². The predicted octanol–water partition coefficient (Wildman–Crippen LogP) is 2.42. The van der Waals surface area contributed by atoms with Crippen LogP contribution in [0.1, 0.15) is 26.5 Å². The molecule has 3 rings (SSSR count). The number of carboxylic acid groups (broad SMARTS) is 1. The van der Waals surface area contributed by atoms with Crippen LogP contribution in [0.4, 0.5) is 0 Å². The van der Waals surface area contributed by atoms with Crippen LogP contribution < -0.4 is 0 Å². The Hall–Kier alpha value is -3.22. The number of imidazole rings is 1. The molecule has 0 aliphatic heterocycles. The van der Waals surface area contributed by atoms with Crippen molar-refractivity contribution in [1.29, 1.82) is 0 Å². The van der Waals surface area contributed by atoms with Crippen molar-refractivity contribution in [3.63, 3.8) is 0 Å². The summed E-state index contributed by atoms with van der Waals surface area (Å²) in [5.74, 6) is -0.907. The van der Waals surface area contributed by atoms with Crippen LogP contribution in [-0.4, -0.2) is 39.1 Å². The molecule has 0 radical (unpaired) electrons. The first kappa shape index (κ1) is 14.7. The van der Waals surface area contributed by atoms with Gasteiger partial charge in [-0.15, -0.1) is 0 Å². The molecule has 0 unspecified atom stereocenters. The Balaban J connectivity index is 2.12. The molecule has 0 spiro atoms. The molecule has 2 aromatic heterocycles. The van der Waals surface area contributed by atoms with E-state index in [-0.39, 0.29) is 5.56 Å². The number of hydrogen-bond acceptors (Lipinski definition) is 5. The van der Waals surface area contributed by atoms with Gasteiger partial charge in [0, 0.05) is 5.56 Å². The molecule has 7 nitrogen and oxygen atoms in total. The molecule has 0 aliphatic carbocycles. The molecule has 2 N–H and O–H groups in total. The van der Waals surface area contributed by atoms with Gasteiger partial charge in [0.1, 0.15) is 5.82 Å². The molecule has 1 aromatic carbocycles. The summed E-state index contributed by atoms with van der Waals surface area (Å²) in [5, 5.41) is 9.38. The first-order valence-electron chi connectivity index (χ1n) is 6.79. The third kappa shape index (κ3) is 2.64. The fraction of sp³-hybridized carbons (Fsp3) is 0.125. The lowest BCUT2D eigenvalue weighted by molar-refractivity contribution is 0.0600. The van der Waals surface area contributed by atoms with Gasteiger partial charge < -0.3 is 14.8 Å². The lowest BCUT2D eigenvalue weighted by atomic mass is 10.1. The topological polar surface area (TPSA) is 105 Å². The van der Waals surface area contributed by atoms with E-state index in [0.29, 0.717) is 33.8 Å². The van der Waals surface area contributed by atoms with Gasteiger partial charge in [-0.3, -0.25) is 0 Å². The second-order valence-corrected chi connectivity index (χ2v) is 4.95. The number of esters is 1. The van der Waals surface area contributed by atoms with Crippen molar-refractivity contribution in [2.24, 2.45) is 0 Å². The van der Waals surface area contributed by atoms with Crippen molar-refractivity contribution in [2.45, 2.75) is 6.92 Å². The number of aryl methyl sites for hydroxylation is 1. The lowest BCUT2D eigenvalue weighted by Gasteiger charge is -2.05. The average molecular weight is 311 g/mol. The number of aromatic carboxylic acids is 1. The van der Waals surface area contributed by atoms with Gasteiger partial charge >= 0.3 is 11.9 Å². The van der Waals surface area contributed by atoms with Crippen molar-refractivity contribution in [2.75, 3.05) is 7.11 Å². The lowest BCUT2D eigenvalue weighted by Crippen LogP contribution is -2.01. The van der Waals surface area contributed by atoms with Crippen LogP contribution in [-0.2, 0) is 4.74 Å². The number of pyridine rings is 1. The van der Waals surface area contributed by atoms with Gasteiger partial charge in [0.2, 0.25) is 0 Å². The van der Waals surface area contributed by atoms with Gasteiger partial charge in [-0.25, -0.2) is 19.6 Å². The van der Waals surface area contributed by atoms with E-state index in [9.17, 15) is 14.7 Å². The fourth-order valence-electron chi connectivity index (χ4n) is 2.31. The first-order chi connectivity index (χ1) is 11.0. The van der Waals surface area contributed by atoms with Gasteiger partial charge in [0.25, 0.3) is 0 Å². The van der Waals surface area contributed by atoms with Gasteiger partial charge in [0.15, 0.2) is 5.65 Å². The zero-order valence-corrected chi connectivity index (χ0v) is 12.5. The molecule has 23 heavy (non-hydrogen) atoms. The van der Waals surface area contributed by atoms with Gasteiger partial charge in [0.05, 0.1) is 29.4 Å². The van der Waals surface area contributed by atoms with Crippen LogP contribution in [0.15, 0.2) is 30.3 Å². The number of aromatic nitrogens is 3. The number of benzene rings is 1. The minimum atomic E-state index is -1.06. The Morgan fingerprint density at radius 3 is 2.48 bits per heavy atom. The number of carbonyl (C=O) groups excluding carboxylic acids is 1. The standard InChI is InChI=1S/C16H13N3O4/c1-8-17-13-11(15(20)21)7-12(19-14(13)18-8)9-3-5-10(6-4-9)16(22)23-2/h3-7H,1-2H3,(H,20,21)(H,17,18,19).